The van der Waals surface area contributed by atoms with Gasteiger partial charge < -0.3 is 19.7 Å². The monoisotopic (exact) mass is 416 g/mol. The number of nitrogens with one attached hydrogen (secondary N) is 1. The van der Waals surface area contributed by atoms with E-state index < -0.39 is 0 Å². The van der Waals surface area contributed by atoms with Crippen LogP contribution in [-0.4, -0.2) is 74.8 Å². The molecule has 1 atom stereocenters. The van der Waals surface area contributed by atoms with E-state index in [1.54, 1.807) is 7.11 Å². The van der Waals surface area contributed by atoms with Crippen LogP contribution >= 0.6 is 0 Å². The number of rotatable bonds is 8. The Morgan fingerprint density at radius 2 is 1.83 bits per heavy atom. The van der Waals surface area contributed by atoms with E-state index in [1.165, 1.54) is 24.8 Å². The number of methoxy groups -OCH3 is 1. The standard InChI is InChI=1S/C24H40N4O2/c1-4-25-24(28-17-13-20(14-18-28)30-5-2)26-19-22(27-15-9-6-10-16-27)21-11-7-8-12-23(21)29-3/h7-8,11-12,20,22H,4-6,9-10,13-19H2,1-3H3,(H,25,26). The normalized spacial score (nSPS) is 20.2. The van der Waals surface area contributed by atoms with Crippen molar-refractivity contribution in [1.82, 2.24) is 15.1 Å². The highest BCUT2D eigenvalue weighted by atomic mass is 16.5. The zero-order chi connectivity index (χ0) is 21.2. The fourth-order valence-electron chi connectivity index (χ4n) is 4.65. The number of piperidine rings is 2. The predicted octanol–water partition coefficient (Wildman–Crippen LogP) is 3.69. The van der Waals surface area contributed by atoms with Crippen LogP contribution < -0.4 is 10.1 Å². The lowest BCUT2D eigenvalue weighted by Crippen LogP contribution is -2.47. The number of benzene rings is 1. The van der Waals surface area contributed by atoms with Crippen molar-refractivity contribution < 1.29 is 9.47 Å². The van der Waals surface area contributed by atoms with Crippen molar-refractivity contribution in [2.45, 2.75) is 58.1 Å². The fourth-order valence-corrected chi connectivity index (χ4v) is 4.65. The number of aliphatic imine (C=N–C) groups is 1. The highest BCUT2D eigenvalue weighted by Gasteiger charge is 2.26. The van der Waals surface area contributed by atoms with Crippen molar-refractivity contribution >= 4 is 5.96 Å². The molecule has 6 heteroatoms. The third-order valence-electron chi connectivity index (χ3n) is 6.22. The molecule has 2 aliphatic rings. The largest absolute Gasteiger partial charge is 0.496 e. The second kappa shape index (κ2) is 12.2. The number of para-hydroxylation sites is 1. The molecule has 0 saturated carbocycles. The molecule has 6 nitrogen and oxygen atoms in total. The first kappa shape index (κ1) is 22.9. The number of nitrogens with zero attached hydrogens (tertiary/aromatic N) is 3. The topological polar surface area (TPSA) is 49.3 Å². The van der Waals surface area contributed by atoms with Gasteiger partial charge in [0.25, 0.3) is 0 Å². The molecule has 2 aliphatic heterocycles. The van der Waals surface area contributed by atoms with Gasteiger partial charge in [0.15, 0.2) is 5.96 Å². The summed E-state index contributed by atoms with van der Waals surface area (Å²) in [5, 5.41) is 3.52. The summed E-state index contributed by atoms with van der Waals surface area (Å²) < 4.78 is 11.5. The number of hydrogen-bond acceptors (Lipinski definition) is 4. The van der Waals surface area contributed by atoms with Crippen LogP contribution in [0, 0.1) is 0 Å². The van der Waals surface area contributed by atoms with Crippen molar-refractivity contribution in [3.8, 4) is 5.75 Å². The highest BCUT2D eigenvalue weighted by Crippen LogP contribution is 2.31. The van der Waals surface area contributed by atoms with Gasteiger partial charge in [0, 0.05) is 31.8 Å². The van der Waals surface area contributed by atoms with Crippen molar-refractivity contribution in [2.24, 2.45) is 4.99 Å². The molecule has 2 saturated heterocycles. The molecule has 0 aliphatic carbocycles. The molecule has 1 unspecified atom stereocenters. The van der Waals surface area contributed by atoms with E-state index in [0.29, 0.717) is 6.10 Å². The minimum absolute atomic E-state index is 0.246. The van der Waals surface area contributed by atoms with E-state index in [2.05, 4.69) is 47.2 Å². The van der Waals surface area contributed by atoms with Gasteiger partial charge in [-0.25, -0.2) is 0 Å². The fraction of sp³-hybridized carbons (Fsp3) is 0.708. The van der Waals surface area contributed by atoms with E-state index in [9.17, 15) is 0 Å². The number of likely N-dealkylation sites (tertiary alicyclic amines) is 2. The van der Waals surface area contributed by atoms with Crippen LogP contribution in [0.15, 0.2) is 29.3 Å². The lowest BCUT2D eigenvalue weighted by atomic mass is 10.0. The number of hydrogen-bond donors (Lipinski definition) is 1. The summed E-state index contributed by atoms with van der Waals surface area (Å²) in [7, 11) is 1.77. The van der Waals surface area contributed by atoms with Gasteiger partial charge in [-0.1, -0.05) is 24.6 Å². The van der Waals surface area contributed by atoms with Gasteiger partial charge in [-0.2, -0.15) is 0 Å². The molecule has 0 radical (unpaired) electrons. The van der Waals surface area contributed by atoms with E-state index >= 15 is 0 Å². The Hall–Kier alpha value is -1.79. The number of guanidine groups is 1. The minimum Gasteiger partial charge on any atom is -0.496 e. The Balaban J connectivity index is 1.76. The molecule has 0 aromatic heterocycles. The minimum atomic E-state index is 0.246. The third kappa shape index (κ3) is 6.11. The van der Waals surface area contributed by atoms with E-state index in [0.717, 1.165) is 70.4 Å². The Labute approximate surface area is 182 Å². The highest BCUT2D eigenvalue weighted by molar-refractivity contribution is 5.80. The van der Waals surface area contributed by atoms with Gasteiger partial charge in [-0.05, 0) is 58.7 Å². The maximum atomic E-state index is 5.82. The van der Waals surface area contributed by atoms with Gasteiger partial charge in [-0.15, -0.1) is 0 Å². The average Bonchev–Trinajstić information content (AvgIpc) is 2.80. The molecule has 0 amide bonds. The third-order valence-corrected chi connectivity index (χ3v) is 6.22. The van der Waals surface area contributed by atoms with E-state index in [1.807, 2.05) is 6.07 Å². The molecule has 2 fully saturated rings. The molecule has 2 heterocycles. The second-order valence-electron chi connectivity index (χ2n) is 8.19. The Morgan fingerprint density at radius 1 is 1.10 bits per heavy atom. The Morgan fingerprint density at radius 3 is 2.50 bits per heavy atom. The van der Waals surface area contributed by atoms with Crippen molar-refractivity contribution in [3.63, 3.8) is 0 Å². The lowest BCUT2D eigenvalue weighted by molar-refractivity contribution is 0.0263. The van der Waals surface area contributed by atoms with E-state index in [4.69, 9.17) is 14.5 Å². The summed E-state index contributed by atoms with van der Waals surface area (Å²) in [5.74, 6) is 2.00. The summed E-state index contributed by atoms with van der Waals surface area (Å²) in [5.41, 5.74) is 1.25. The molecule has 1 aromatic rings. The van der Waals surface area contributed by atoms with Gasteiger partial charge in [0.1, 0.15) is 5.75 Å². The smallest absolute Gasteiger partial charge is 0.193 e. The predicted molar refractivity (Wildman–Crippen MR) is 123 cm³/mol. The van der Waals surface area contributed by atoms with Crippen LogP contribution in [0.2, 0.25) is 0 Å². The van der Waals surface area contributed by atoms with Crippen molar-refractivity contribution in [2.75, 3.05) is 53.0 Å². The first-order valence-corrected chi connectivity index (χ1v) is 11.8. The molecule has 0 spiro atoms. The van der Waals surface area contributed by atoms with E-state index in [-0.39, 0.29) is 6.04 Å². The van der Waals surface area contributed by atoms with Crippen molar-refractivity contribution in [1.29, 1.82) is 0 Å². The number of ether oxygens (including phenoxy) is 2. The molecule has 0 bridgehead atoms. The maximum absolute atomic E-state index is 5.82. The molecule has 1 N–H and O–H groups in total. The SMILES string of the molecule is CCNC(=NCC(c1ccccc1OC)N1CCCCC1)N1CCC(OCC)CC1. The molecule has 1 aromatic carbocycles. The van der Waals surface area contributed by atoms with Crippen LogP contribution in [0.3, 0.4) is 0 Å². The molecule has 30 heavy (non-hydrogen) atoms. The van der Waals surface area contributed by atoms with Gasteiger partial charge in [0.05, 0.1) is 25.8 Å². The maximum Gasteiger partial charge on any atom is 0.193 e. The summed E-state index contributed by atoms with van der Waals surface area (Å²) in [4.78, 5) is 10.1. The van der Waals surface area contributed by atoms with Crippen LogP contribution in [0.4, 0.5) is 0 Å². The first-order valence-electron chi connectivity index (χ1n) is 11.8. The Kier molecular flexibility index (Phi) is 9.27. The lowest BCUT2D eigenvalue weighted by Gasteiger charge is -2.36. The quantitative estimate of drug-likeness (QED) is 0.517. The summed E-state index contributed by atoms with van der Waals surface area (Å²) in [6.45, 7) is 10.9. The van der Waals surface area contributed by atoms with Crippen molar-refractivity contribution in [3.05, 3.63) is 29.8 Å². The van der Waals surface area contributed by atoms with Crippen LogP contribution in [0.25, 0.3) is 0 Å². The molecule has 3 rings (SSSR count). The van der Waals surface area contributed by atoms with Crippen LogP contribution in [0.5, 0.6) is 5.75 Å². The zero-order valence-electron chi connectivity index (χ0n) is 19.1. The molecular weight excluding hydrogens is 376 g/mol. The Bertz CT molecular complexity index is 652. The second-order valence-corrected chi connectivity index (χ2v) is 8.19. The average molecular weight is 417 g/mol. The zero-order valence-corrected chi connectivity index (χ0v) is 19.1. The van der Waals surface area contributed by atoms with Gasteiger partial charge in [0.2, 0.25) is 0 Å². The summed E-state index contributed by atoms with van der Waals surface area (Å²) in [6.07, 6.45) is 6.39. The van der Waals surface area contributed by atoms with Crippen LogP contribution in [-0.2, 0) is 4.74 Å². The molecule has 168 valence electrons. The summed E-state index contributed by atoms with van der Waals surface area (Å²) >= 11 is 0. The summed E-state index contributed by atoms with van der Waals surface area (Å²) in [6, 6.07) is 8.68. The van der Waals surface area contributed by atoms with Gasteiger partial charge >= 0.3 is 0 Å². The first-order chi connectivity index (χ1) is 14.8. The van der Waals surface area contributed by atoms with Gasteiger partial charge in [-0.3, -0.25) is 9.89 Å². The van der Waals surface area contributed by atoms with Crippen LogP contribution in [0.1, 0.15) is 57.6 Å². The molecular formula is C24H40N4O2.